The van der Waals surface area contributed by atoms with Gasteiger partial charge in [0.15, 0.2) is 0 Å². The normalized spacial score (nSPS) is 17.1. The molecule has 25 heavy (non-hydrogen) atoms. The third-order valence-corrected chi connectivity index (χ3v) is 5.19. The van der Waals surface area contributed by atoms with Crippen molar-refractivity contribution < 1.29 is 14.3 Å². The second kappa shape index (κ2) is 16.9. The number of unbranched alkanes of at least 4 members (excludes halogenated alkanes) is 11. The van der Waals surface area contributed by atoms with Gasteiger partial charge in [-0.15, -0.1) is 0 Å². The van der Waals surface area contributed by atoms with Crippen LogP contribution >= 0.6 is 0 Å². The van der Waals surface area contributed by atoms with E-state index >= 15 is 0 Å². The Labute approximate surface area is 156 Å². The van der Waals surface area contributed by atoms with Crippen molar-refractivity contribution in [3.8, 4) is 0 Å². The average molecular weight is 355 g/mol. The second-order valence-electron chi connectivity index (χ2n) is 7.64. The molecular weight excluding hydrogens is 312 g/mol. The van der Waals surface area contributed by atoms with Crippen LogP contribution in [0.25, 0.3) is 0 Å². The number of hydrogen-bond donors (Lipinski definition) is 0. The molecule has 0 aromatic rings. The van der Waals surface area contributed by atoms with Crippen LogP contribution in [-0.2, 0) is 14.3 Å². The third kappa shape index (κ3) is 14.3. The molecule has 1 atom stereocenters. The maximum absolute atomic E-state index is 11.7. The molecule has 0 unspecified atom stereocenters. The van der Waals surface area contributed by atoms with Crippen molar-refractivity contribution in [3.63, 3.8) is 0 Å². The van der Waals surface area contributed by atoms with Crippen LogP contribution in [-0.4, -0.2) is 25.3 Å². The SMILES string of the molecule is CCCCCCCCCCCCCC(=O)OCCCC[C@H]1CCCO1. The quantitative estimate of drug-likeness (QED) is 0.218. The summed E-state index contributed by atoms with van der Waals surface area (Å²) in [5.41, 5.74) is 0. The summed E-state index contributed by atoms with van der Waals surface area (Å²) in [6.45, 7) is 3.78. The second-order valence-corrected chi connectivity index (χ2v) is 7.64. The van der Waals surface area contributed by atoms with Crippen molar-refractivity contribution in [2.24, 2.45) is 0 Å². The molecule has 0 aromatic heterocycles. The summed E-state index contributed by atoms with van der Waals surface area (Å²) in [6.07, 6.45) is 21.1. The van der Waals surface area contributed by atoms with Gasteiger partial charge in [-0.2, -0.15) is 0 Å². The van der Waals surface area contributed by atoms with Gasteiger partial charge >= 0.3 is 5.97 Å². The molecule has 0 aromatic carbocycles. The minimum Gasteiger partial charge on any atom is -0.466 e. The number of carbonyl (C=O) groups excluding carboxylic acids is 1. The topological polar surface area (TPSA) is 35.5 Å². The Bertz CT molecular complexity index is 298. The van der Waals surface area contributed by atoms with E-state index in [1.807, 2.05) is 0 Å². The summed E-state index contributed by atoms with van der Waals surface area (Å²) in [7, 11) is 0. The molecule has 3 nitrogen and oxygen atoms in total. The van der Waals surface area contributed by atoms with Crippen molar-refractivity contribution >= 4 is 5.97 Å². The maximum Gasteiger partial charge on any atom is 0.305 e. The van der Waals surface area contributed by atoms with Crippen LogP contribution in [0.15, 0.2) is 0 Å². The zero-order valence-corrected chi connectivity index (χ0v) is 16.7. The summed E-state index contributed by atoms with van der Waals surface area (Å²) in [5.74, 6) is -0.00644. The minimum absolute atomic E-state index is 0.00644. The zero-order chi connectivity index (χ0) is 18.0. The van der Waals surface area contributed by atoms with Gasteiger partial charge < -0.3 is 9.47 Å². The van der Waals surface area contributed by atoms with Crippen LogP contribution in [0.3, 0.4) is 0 Å². The number of carbonyl (C=O) groups is 1. The van der Waals surface area contributed by atoms with Gasteiger partial charge in [0.1, 0.15) is 0 Å². The molecule has 1 rings (SSSR count). The van der Waals surface area contributed by atoms with Crippen molar-refractivity contribution in [3.05, 3.63) is 0 Å². The fraction of sp³-hybridized carbons (Fsp3) is 0.955. The van der Waals surface area contributed by atoms with Crippen molar-refractivity contribution in [1.29, 1.82) is 0 Å². The summed E-state index contributed by atoms with van der Waals surface area (Å²) >= 11 is 0. The molecule has 1 heterocycles. The van der Waals surface area contributed by atoms with E-state index in [-0.39, 0.29) is 5.97 Å². The lowest BCUT2D eigenvalue weighted by atomic mass is 10.1. The van der Waals surface area contributed by atoms with Crippen LogP contribution in [0.4, 0.5) is 0 Å². The smallest absolute Gasteiger partial charge is 0.305 e. The highest BCUT2D eigenvalue weighted by molar-refractivity contribution is 5.69. The van der Waals surface area contributed by atoms with Gasteiger partial charge in [-0.25, -0.2) is 0 Å². The molecule has 3 heteroatoms. The molecule has 0 N–H and O–H groups in total. The van der Waals surface area contributed by atoms with Gasteiger partial charge in [0, 0.05) is 13.0 Å². The average Bonchev–Trinajstić information content (AvgIpc) is 3.13. The Morgan fingerprint density at radius 3 is 2.12 bits per heavy atom. The van der Waals surface area contributed by atoms with Gasteiger partial charge in [0.2, 0.25) is 0 Å². The molecular formula is C22H42O3. The molecule has 1 aliphatic heterocycles. The molecule has 1 fully saturated rings. The summed E-state index contributed by atoms with van der Waals surface area (Å²) in [6, 6.07) is 0. The Balaban J connectivity index is 1.73. The first kappa shape index (κ1) is 22.5. The number of hydrogen-bond acceptors (Lipinski definition) is 3. The highest BCUT2D eigenvalue weighted by Gasteiger charge is 2.14. The summed E-state index contributed by atoms with van der Waals surface area (Å²) in [4.78, 5) is 11.7. The first-order chi connectivity index (χ1) is 12.3. The Morgan fingerprint density at radius 2 is 1.52 bits per heavy atom. The first-order valence-electron chi connectivity index (χ1n) is 11.1. The molecule has 0 radical (unpaired) electrons. The molecule has 0 aliphatic carbocycles. The maximum atomic E-state index is 11.7. The zero-order valence-electron chi connectivity index (χ0n) is 16.7. The summed E-state index contributed by atoms with van der Waals surface area (Å²) in [5, 5.41) is 0. The van der Waals surface area contributed by atoms with Crippen LogP contribution in [0.2, 0.25) is 0 Å². The van der Waals surface area contributed by atoms with Crippen LogP contribution in [0.1, 0.15) is 116 Å². The summed E-state index contributed by atoms with van der Waals surface area (Å²) < 4.78 is 10.9. The van der Waals surface area contributed by atoms with Crippen molar-refractivity contribution in [2.75, 3.05) is 13.2 Å². The number of ether oxygens (including phenoxy) is 2. The lowest BCUT2D eigenvalue weighted by Gasteiger charge is -2.09. The molecule has 0 bridgehead atoms. The fourth-order valence-corrected chi connectivity index (χ4v) is 3.54. The highest BCUT2D eigenvalue weighted by Crippen LogP contribution is 2.17. The molecule has 1 aliphatic rings. The Morgan fingerprint density at radius 1 is 0.880 bits per heavy atom. The van der Waals surface area contributed by atoms with E-state index in [2.05, 4.69) is 6.92 Å². The van der Waals surface area contributed by atoms with E-state index in [1.54, 1.807) is 0 Å². The number of rotatable bonds is 17. The van der Waals surface area contributed by atoms with Gasteiger partial charge in [-0.1, -0.05) is 71.1 Å². The molecule has 0 spiro atoms. The Kier molecular flexibility index (Phi) is 15.2. The monoisotopic (exact) mass is 354 g/mol. The van der Waals surface area contributed by atoms with Gasteiger partial charge in [0.05, 0.1) is 12.7 Å². The molecule has 148 valence electrons. The third-order valence-electron chi connectivity index (χ3n) is 5.19. The first-order valence-corrected chi connectivity index (χ1v) is 11.1. The fourth-order valence-electron chi connectivity index (χ4n) is 3.54. The van der Waals surface area contributed by atoms with Crippen molar-refractivity contribution in [1.82, 2.24) is 0 Å². The highest BCUT2D eigenvalue weighted by atomic mass is 16.5. The van der Waals surface area contributed by atoms with Crippen LogP contribution in [0.5, 0.6) is 0 Å². The van der Waals surface area contributed by atoms with E-state index < -0.39 is 0 Å². The Hall–Kier alpha value is -0.570. The lowest BCUT2D eigenvalue weighted by Crippen LogP contribution is -2.08. The van der Waals surface area contributed by atoms with E-state index in [4.69, 9.17) is 9.47 Å². The van der Waals surface area contributed by atoms with Gasteiger partial charge in [-0.05, 0) is 38.5 Å². The molecule has 0 amide bonds. The van der Waals surface area contributed by atoms with E-state index in [0.717, 1.165) is 32.3 Å². The van der Waals surface area contributed by atoms with Gasteiger partial charge in [0.25, 0.3) is 0 Å². The van der Waals surface area contributed by atoms with Crippen LogP contribution in [0, 0.1) is 0 Å². The molecule has 1 saturated heterocycles. The minimum atomic E-state index is -0.00644. The predicted molar refractivity (Wildman–Crippen MR) is 105 cm³/mol. The van der Waals surface area contributed by atoms with E-state index in [0.29, 0.717) is 19.1 Å². The standard InChI is InChI=1S/C22H42O3/c1-2-3-4-5-6-7-8-9-10-11-12-18-22(23)25-19-14-13-16-21-17-15-20-24-21/h21H,2-20H2,1H3/t21-/m0/s1. The van der Waals surface area contributed by atoms with Gasteiger partial charge in [-0.3, -0.25) is 4.79 Å². The van der Waals surface area contributed by atoms with Crippen LogP contribution < -0.4 is 0 Å². The van der Waals surface area contributed by atoms with E-state index in [9.17, 15) is 4.79 Å². The van der Waals surface area contributed by atoms with E-state index in [1.165, 1.54) is 77.0 Å². The predicted octanol–water partition coefficient (Wildman–Crippen LogP) is 6.58. The largest absolute Gasteiger partial charge is 0.466 e. The lowest BCUT2D eigenvalue weighted by molar-refractivity contribution is -0.143. The number of esters is 1. The molecule has 0 saturated carbocycles. The van der Waals surface area contributed by atoms with Crippen molar-refractivity contribution in [2.45, 2.75) is 122 Å².